The van der Waals surface area contributed by atoms with Crippen molar-refractivity contribution in [1.82, 2.24) is 4.98 Å². The first-order valence-electron chi connectivity index (χ1n) is 5.27. The molecule has 7 heteroatoms. The summed E-state index contributed by atoms with van der Waals surface area (Å²) in [6.07, 6.45) is 0. The fourth-order valence-electron chi connectivity index (χ4n) is 1.47. The molecule has 1 aromatic carbocycles. The van der Waals surface area contributed by atoms with E-state index < -0.39 is 34.8 Å². The molecule has 2 rings (SSSR count). The standard InChI is InChI=1S/C12H9F4N3/c1-17-11-8(15)5-9(16)12(19-11)18-10-6(13)3-2-4-7(10)14/h2-5H,1H3,(H2,17,18,19). The van der Waals surface area contributed by atoms with Gasteiger partial charge in [-0.3, -0.25) is 0 Å². The van der Waals surface area contributed by atoms with Gasteiger partial charge in [0.1, 0.15) is 17.3 Å². The van der Waals surface area contributed by atoms with Crippen molar-refractivity contribution < 1.29 is 17.6 Å². The lowest BCUT2D eigenvalue weighted by molar-refractivity contribution is 0.576. The lowest BCUT2D eigenvalue weighted by Gasteiger charge is -2.10. The zero-order valence-electron chi connectivity index (χ0n) is 9.77. The van der Waals surface area contributed by atoms with E-state index in [1.165, 1.54) is 13.1 Å². The van der Waals surface area contributed by atoms with Gasteiger partial charge in [-0.15, -0.1) is 0 Å². The Morgan fingerprint density at radius 1 is 0.895 bits per heavy atom. The summed E-state index contributed by atoms with van der Waals surface area (Å²) in [6.45, 7) is 0. The number of nitrogens with one attached hydrogen (secondary N) is 2. The molecule has 2 aromatic rings. The molecular weight excluding hydrogens is 262 g/mol. The number of nitrogens with zero attached hydrogens (tertiary/aromatic N) is 1. The van der Waals surface area contributed by atoms with Crippen LogP contribution in [-0.2, 0) is 0 Å². The van der Waals surface area contributed by atoms with Gasteiger partial charge in [-0.2, -0.15) is 0 Å². The van der Waals surface area contributed by atoms with Crippen molar-refractivity contribution in [3.63, 3.8) is 0 Å². The average molecular weight is 271 g/mol. The molecule has 1 aromatic heterocycles. The van der Waals surface area contributed by atoms with Crippen LogP contribution in [0.1, 0.15) is 0 Å². The molecule has 0 aliphatic rings. The van der Waals surface area contributed by atoms with Crippen molar-refractivity contribution in [3.8, 4) is 0 Å². The molecule has 0 amide bonds. The average Bonchev–Trinajstić information content (AvgIpc) is 2.36. The number of benzene rings is 1. The minimum Gasteiger partial charge on any atom is -0.371 e. The summed E-state index contributed by atoms with van der Waals surface area (Å²) in [6, 6.07) is 3.75. The van der Waals surface area contributed by atoms with Crippen LogP contribution in [0.3, 0.4) is 0 Å². The van der Waals surface area contributed by atoms with E-state index in [4.69, 9.17) is 0 Å². The first-order chi connectivity index (χ1) is 9.02. The van der Waals surface area contributed by atoms with Gasteiger partial charge in [0.2, 0.25) is 0 Å². The molecule has 0 spiro atoms. The molecular formula is C12H9F4N3. The molecule has 1 heterocycles. The minimum absolute atomic E-state index is 0.236. The highest BCUT2D eigenvalue weighted by Gasteiger charge is 2.15. The molecule has 19 heavy (non-hydrogen) atoms. The molecule has 0 radical (unpaired) electrons. The Hall–Kier alpha value is -2.31. The van der Waals surface area contributed by atoms with Gasteiger partial charge in [0.15, 0.2) is 23.3 Å². The molecule has 0 aliphatic carbocycles. The quantitative estimate of drug-likeness (QED) is 0.840. The van der Waals surface area contributed by atoms with E-state index in [2.05, 4.69) is 15.6 Å². The molecule has 0 saturated heterocycles. The van der Waals surface area contributed by atoms with Crippen LogP contribution in [-0.4, -0.2) is 12.0 Å². The summed E-state index contributed by atoms with van der Waals surface area (Å²) >= 11 is 0. The number of halogens is 4. The van der Waals surface area contributed by atoms with Crippen molar-refractivity contribution in [1.29, 1.82) is 0 Å². The van der Waals surface area contributed by atoms with Crippen LogP contribution < -0.4 is 10.6 Å². The second-order valence-corrected chi connectivity index (χ2v) is 3.62. The lowest BCUT2D eigenvalue weighted by Crippen LogP contribution is -2.05. The number of hydrogen-bond acceptors (Lipinski definition) is 3. The van der Waals surface area contributed by atoms with Gasteiger partial charge in [-0.25, -0.2) is 22.5 Å². The Morgan fingerprint density at radius 2 is 1.47 bits per heavy atom. The Kier molecular flexibility index (Phi) is 3.55. The van der Waals surface area contributed by atoms with Gasteiger partial charge < -0.3 is 10.6 Å². The van der Waals surface area contributed by atoms with Crippen LogP contribution in [0.25, 0.3) is 0 Å². The minimum atomic E-state index is -1.06. The van der Waals surface area contributed by atoms with Crippen LogP contribution in [0.2, 0.25) is 0 Å². The van der Waals surface area contributed by atoms with Gasteiger partial charge in [-0.1, -0.05) is 6.07 Å². The Morgan fingerprint density at radius 3 is 2.05 bits per heavy atom. The number of aromatic nitrogens is 1. The van der Waals surface area contributed by atoms with Crippen molar-refractivity contribution in [2.24, 2.45) is 0 Å². The third-order valence-electron chi connectivity index (χ3n) is 2.37. The topological polar surface area (TPSA) is 37.0 Å². The number of pyridine rings is 1. The van der Waals surface area contributed by atoms with Crippen molar-refractivity contribution >= 4 is 17.3 Å². The summed E-state index contributed by atoms with van der Waals surface area (Å²) in [4.78, 5) is 3.56. The second kappa shape index (κ2) is 5.13. The van der Waals surface area contributed by atoms with Gasteiger partial charge in [-0.05, 0) is 12.1 Å². The first kappa shape index (κ1) is 13.1. The predicted molar refractivity (Wildman–Crippen MR) is 63.3 cm³/mol. The smallest absolute Gasteiger partial charge is 0.169 e. The maximum atomic E-state index is 13.5. The van der Waals surface area contributed by atoms with Crippen LogP contribution in [0, 0.1) is 23.3 Å². The highest BCUT2D eigenvalue weighted by molar-refractivity contribution is 5.60. The summed E-state index contributed by atoms with van der Waals surface area (Å²) in [5, 5.41) is 4.57. The molecule has 0 bridgehead atoms. The van der Waals surface area contributed by atoms with E-state index in [-0.39, 0.29) is 5.82 Å². The molecule has 0 atom stereocenters. The SMILES string of the molecule is CNc1nc(Nc2c(F)cccc2F)c(F)cc1F. The third-order valence-corrected chi connectivity index (χ3v) is 2.37. The molecule has 100 valence electrons. The van der Waals surface area contributed by atoms with E-state index in [1.54, 1.807) is 0 Å². The largest absolute Gasteiger partial charge is 0.371 e. The highest BCUT2D eigenvalue weighted by Crippen LogP contribution is 2.25. The van der Waals surface area contributed by atoms with Crippen LogP contribution in [0.15, 0.2) is 24.3 Å². The van der Waals surface area contributed by atoms with E-state index in [9.17, 15) is 17.6 Å². The van der Waals surface area contributed by atoms with Crippen LogP contribution >= 0.6 is 0 Å². The molecule has 3 nitrogen and oxygen atoms in total. The number of hydrogen-bond donors (Lipinski definition) is 2. The summed E-state index contributed by atoms with van der Waals surface area (Å²) < 4.78 is 53.4. The molecule has 0 aliphatic heterocycles. The van der Waals surface area contributed by atoms with E-state index >= 15 is 0 Å². The summed E-state index contributed by atoms with van der Waals surface area (Å²) in [5.41, 5.74) is -0.553. The normalized spacial score (nSPS) is 10.4. The van der Waals surface area contributed by atoms with Crippen molar-refractivity contribution in [3.05, 3.63) is 47.5 Å². The fraction of sp³-hybridized carbons (Fsp3) is 0.0833. The zero-order chi connectivity index (χ0) is 14.0. The number of para-hydroxylation sites is 1. The predicted octanol–water partition coefficient (Wildman–Crippen LogP) is 3.42. The van der Waals surface area contributed by atoms with Crippen LogP contribution in [0.4, 0.5) is 34.9 Å². The Balaban J connectivity index is 2.44. The molecule has 2 N–H and O–H groups in total. The zero-order valence-corrected chi connectivity index (χ0v) is 9.77. The Labute approximate surface area is 106 Å². The summed E-state index contributed by atoms with van der Waals surface area (Å²) in [7, 11) is 1.39. The fourth-order valence-corrected chi connectivity index (χ4v) is 1.47. The second-order valence-electron chi connectivity index (χ2n) is 3.62. The lowest BCUT2D eigenvalue weighted by atomic mass is 10.3. The first-order valence-corrected chi connectivity index (χ1v) is 5.27. The highest BCUT2D eigenvalue weighted by atomic mass is 19.1. The maximum Gasteiger partial charge on any atom is 0.169 e. The van der Waals surface area contributed by atoms with E-state index in [0.29, 0.717) is 6.07 Å². The van der Waals surface area contributed by atoms with Gasteiger partial charge >= 0.3 is 0 Å². The van der Waals surface area contributed by atoms with E-state index in [0.717, 1.165) is 12.1 Å². The number of anilines is 3. The van der Waals surface area contributed by atoms with Gasteiger partial charge in [0.25, 0.3) is 0 Å². The monoisotopic (exact) mass is 271 g/mol. The van der Waals surface area contributed by atoms with E-state index in [1.807, 2.05) is 0 Å². The van der Waals surface area contributed by atoms with Gasteiger partial charge in [0, 0.05) is 13.1 Å². The van der Waals surface area contributed by atoms with Crippen molar-refractivity contribution in [2.75, 3.05) is 17.7 Å². The molecule has 0 fully saturated rings. The van der Waals surface area contributed by atoms with Crippen LogP contribution in [0.5, 0.6) is 0 Å². The number of rotatable bonds is 3. The Bertz CT molecular complexity index is 596. The summed E-state index contributed by atoms with van der Waals surface area (Å²) in [5.74, 6) is -4.48. The van der Waals surface area contributed by atoms with Gasteiger partial charge in [0.05, 0.1) is 0 Å². The third kappa shape index (κ3) is 2.59. The molecule has 0 unspecified atom stereocenters. The maximum absolute atomic E-state index is 13.5. The van der Waals surface area contributed by atoms with Crippen molar-refractivity contribution in [2.45, 2.75) is 0 Å². The molecule has 0 saturated carbocycles.